The van der Waals surface area contributed by atoms with E-state index < -0.39 is 0 Å². The maximum Gasteiger partial charge on any atom is 0.306 e. The SMILES string of the molecule is CCCCCC/C=C\CCC(=O)OCCCCCCN(CCCCCCOC(=O)CC/C=C\CCCCCC)C(=O)SCCN(CC)CC. The van der Waals surface area contributed by atoms with Crippen LogP contribution in [-0.2, 0) is 19.1 Å². The zero-order chi connectivity index (χ0) is 36.0. The van der Waals surface area contributed by atoms with E-state index in [-0.39, 0.29) is 17.2 Å². The summed E-state index contributed by atoms with van der Waals surface area (Å²) in [4.78, 5) is 41.5. The van der Waals surface area contributed by atoms with Gasteiger partial charge >= 0.3 is 11.9 Å². The number of unbranched alkanes of at least 4 members (excludes halogenated alkanes) is 14. The fraction of sp³-hybridized carbons (Fsp3) is 0.829. The minimum atomic E-state index is -0.108. The number of hydrogen-bond donors (Lipinski definition) is 0. The summed E-state index contributed by atoms with van der Waals surface area (Å²) in [5.41, 5.74) is 0. The molecule has 0 aromatic heterocycles. The number of carbonyl (C=O) groups excluding carboxylic acids is 3. The number of thioether (sulfide) groups is 1. The van der Waals surface area contributed by atoms with E-state index in [9.17, 15) is 14.4 Å². The van der Waals surface area contributed by atoms with Crippen molar-refractivity contribution in [2.75, 3.05) is 51.7 Å². The van der Waals surface area contributed by atoms with E-state index in [1.807, 2.05) is 4.90 Å². The van der Waals surface area contributed by atoms with Crippen LogP contribution in [0, 0.1) is 0 Å². The molecule has 0 aliphatic heterocycles. The van der Waals surface area contributed by atoms with Gasteiger partial charge in [0.05, 0.1) is 13.2 Å². The van der Waals surface area contributed by atoms with E-state index in [0.717, 1.165) is 116 Å². The largest absolute Gasteiger partial charge is 0.466 e. The van der Waals surface area contributed by atoms with E-state index in [2.05, 4.69) is 56.9 Å². The maximum absolute atomic E-state index is 13.1. The van der Waals surface area contributed by atoms with Gasteiger partial charge < -0.3 is 19.3 Å². The Morgan fingerprint density at radius 3 is 1.39 bits per heavy atom. The molecule has 0 fully saturated rings. The molecule has 7 nitrogen and oxygen atoms in total. The lowest BCUT2D eigenvalue weighted by Crippen LogP contribution is -2.31. The van der Waals surface area contributed by atoms with Crippen molar-refractivity contribution in [3.63, 3.8) is 0 Å². The Labute approximate surface area is 306 Å². The third-order valence-corrected chi connectivity index (χ3v) is 9.66. The highest BCUT2D eigenvalue weighted by Gasteiger charge is 2.14. The summed E-state index contributed by atoms with van der Waals surface area (Å²) in [6, 6.07) is 0. The number of allylic oxidation sites excluding steroid dienone is 4. The van der Waals surface area contributed by atoms with Gasteiger partial charge in [-0.3, -0.25) is 14.4 Å². The summed E-state index contributed by atoms with van der Waals surface area (Å²) >= 11 is 1.44. The zero-order valence-corrected chi connectivity index (χ0v) is 33.2. The Morgan fingerprint density at radius 2 is 0.939 bits per heavy atom. The molecular weight excluding hydrogens is 633 g/mol. The summed E-state index contributed by atoms with van der Waals surface area (Å²) in [7, 11) is 0. The van der Waals surface area contributed by atoms with Gasteiger partial charge in [0.25, 0.3) is 5.24 Å². The van der Waals surface area contributed by atoms with Gasteiger partial charge in [-0.05, 0) is 90.1 Å². The molecule has 0 aliphatic rings. The van der Waals surface area contributed by atoms with Crippen LogP contribution in [-0.4, -0.2) is 78.7 Å². The van der Waals surface area contributed by atoms with E-state index in [1.165, 1.54) is 63.1 Å². The Bertz CT molecular complexity index is 779. The lowest BCUT2D eigenvalue weighted by molar-refractivity contribution is -0.144. The van der Waals surface area contributed by atoms with Crippen LogP contribution in [0.25, 0.3) is 0 Å². The van der Waals surface area contributed by atoms with Crippen molar-refractivity contribution < 1.29 is 23.9 Å². The van der Waals surface area contributed by atoms with Gasteiger partial charge in [0.15, 0.2) is 0 Å². The van der Waals surface area contributed by atoms with Crippen LogP contribution in [0.2, 0.25) is 0 Å². The van der Waals surface area contributed by atoms with Gasteiger partial charge in [0, 0.05) is 38.2 Å². The molecule has 0 rings (SSSR count). The molecule has 0 aromatic carbocycles. The number of esters is 2. The molecule has 0 atom stereocenters. The molecule has 0 saturated carbocycles. The lowest BCUT2D eigenvalue weighted by Gasteiger charge is -2.23. The molecule has 8 heteroatoms. The van der Waals surface area contributed by atoms with Crippen molar-refractivity contribution in [1.82, 2.24) is 9.80 Å². The quantitative estimate of drug-likeness (QED) is 0.0368. The summed E-state index contributed by atoms with van der Waals surface area (Å²) in [5, 5.41) is 0.181. The minimum Gasteiger partial charge on any atom is -0.466 e. The molecule has 0 bridgehead atoms. The Balaban J connectivity index is 4.21. The van der Waals surface area contributed by atoms with Crippen LogP contribution in [0.15, 0.2) is 24.3 Å². The number of nitrogens with zero attached hydrogens (tertiary/aromatic N) is 2. The standard InChI is InChI=1S/C41H76N2O5S/c1-5-9-11-13-15-17-19-25-31-39(44)47-36-29-23-21-27-33-43(41(46)49-38-35-42(7-3)8-4)34-28-22-24-30-37-48-40(45)32-26-20-18-16-14-12-10-6-2/h17-20H,5-16,21-38H2,1-4H3/b19-17-,20-18-. The van der Waals surface area contributed by atoms with Gasteiger partial charge in [0.2, 0.25) is 0 Å². The van der Waals surface area contributed by atoms with Gasteiger partial charge in [-0.15, -0.1) is 0 Å². The van der Waals surface area contributed by atoms with Crippen LogP contribution in [0.1, 0.15) is 169 Å². The highest BCUT2D eigenvalue weighted by atomic mass is 32.2. The second kappa shape index (κ2) is 37.5. The van der Waals surface area contributed by atoms with E-state index in [1.54, 1.807) is 0 Å². The Hall–Kier alpha value is -1.80. The molecule has 0 saturated heterocycles. The van der Waals surface area contributed by atoms with Crippen molar-refractivity contribution in [3.05, 3.63) is 24.3 Å². The van der Waals surface area contributed by atoms with Gasteiger partial charge in [-0.25, -0.2) is 0 Å². The predicted octanol–water partition coefficient (Wildman–Crippen LogP) is 11.3. The van der Waals surface area contributed by atoms with Gasteiger partial charge in [0.1, 0.15) is 0 Å². The minimum absolute atomic E-state index is 0.108. The molecule has 49 heavy (non-hydrogen) atoms. The first kappa shape index (κ1) is 47.2. The average molecular weight is 709 g/mol. The normalized spacial score (nSPS) is 11.6. The van der Waals surface area contributed by atoms with Crippen LogP contribution in [0.5, 0.6) is 0 Å². The fourth-order valence-electron chi connectivity index (χ4n) is 5.47. The van der Waals surface area contributed by atoms with Crippen LogP contribution in [0.3, 0.4) is 0 Å². The van der Waals surface area contributed by atoms with E-state index >= 15 is 0 Å². The first-order valence-electron chi connectivity index (χ1n) is 20.2. The van der Waals surface area contributed by atoms with E-state index in [4.69, 9.17) is 9.47 Å². The van der Waals surface area contributed by atoms with Crippen molar-refractivity contribution in [1.29, 1.82) is 0 Å². The van der Waals surface area contributed by atoms with Gasteiger partial charge in [-0.2, -0.15) is 0 Å². The summed E-state index contributed by atoms with van der Waals surface area (Å²) in [6.07, 6.45) is 31.1. The van der Waals surface area contributed by atoms with Crippen LogP contribution < -0.4 is 0 Å². The third kappa shape index (κ3) is 33.1. The summed E-state index contributed by atoms with van der Waals surface area (Å²) < 4.78 is 10.8. The molecular formula is C41H76N2O5S. The molecule has 286 valence electrons. The van der Waals surface area contributed by atoms with Crippen molar-refractivity contribution in [3.8, 4) is 0 Å². The van der Waals surface area contributed by atoms with Crippen molar-refractivity contribution in [2.24, 2.45) is 0 Å². The molecule has 0 N–H and O–H groups in total. The maximum atomic E-state index is 13.1. The number of hydrogen-bond acceptors (Lipinski definition) is 7. The molecule has 0 aliphatic carbocycles. The first-order valence-corrected chi connectivity index (χ1v) is 21.2. The lowest BCUT2D eigenvalue weighted by atomic mass is 10.1. The number of amides is 1. The number of rotatable bonds is 35. The molecule has 0 spiro atoms. The molecule has 0 radical (unpaired) electrons. The monoisotopic (exact) mass is 709 g/mol. The third-order valence-electron chi connectivity index (χ3n) is 8.77. The Kier molecular flexibility index (Phi) is 36.1. The van der Waals surface area contributed by atoms with E-state index in [0.29, 0.717) is 26.1 Å². The molecule has 1 amide bonds. The molecule has 0 unspecified atom stereocenters. The molecule has 0 aromatic rings. The highest BCUT2D eigenvalue weighted by Crippen LogP contribution is 2.14. The topological polar surface area (TPSA) is 76.1 Å². The Morgan fingerprint density at radius 1 is 0.510 bits per heavy atom. The fourth-order valence-corrected chi connectivity index (χ4v) is 6.36. The number of carbonyl (C=O) groups is 3. The smallest absolute Gasteiger partial charge is 0.306 e. The average Bonchev–Trinajstić information content (AvgIpc) is 3.10. The van der Waals surface area contributed by atoms with Crippen molar-refractivity contribution >= 4 is 28.9 Å². The van der Waals surface area contributed by atoms with Crippen LogP contribution >= 0.6 is 11.8 Å². The first-order chi connectivity index (χ1) is 24.0. The second-order valence-electron chi connectivity index (χ2n) is 13.1. The summed E-state index contributed by atoms with van der Waals surface area (Å²) in [5.74, 6) is 0.601. The molecule has 0 heterocycles. The number of ether oxygens (including phenoxy) is 2. The van der Waals surface area contributed by atoms with Crippen molar-refractivity contribution in [2.45, 2.75) is 169 Å². The van der Waals surface area contributed by atoms with Crippen LogP contribution in [0.4, 0.5) is 4.79 Å². The second-order valence-corrected chi connectivity index (χ2v) is 14.2. The highest BCUT2D eigenvalue weighted by molar-refractivity contribution is 8.13. The zero-order valence-electron chi connectivity index (χ0n) is 32.4. The summed E-state index contributed by atoms with van der Waals surface area (Å²) in [6.45, 7) is 14.2. The van der Waals surface area contributed by atoms with Gasteiger partial charge in [-0.1, -0.05) is 115 Å². The predicted molar refractivity (Wildman–Crippen MR) is 210 cm³/mol.